The summed E-state index contributed by atoms with van der Waals surface area (Å²) in [6.45, 7) is 0.672. The van der Waals surface area contributed by atoms with Crippen molar-refractivity contribution in [3.63, 3.8) is 0 Å². The maximum atomic E-state index is 6.12. The van der Waals surface area contributed by atoms with Crippen LogP contribution in [0.4, 0.5) is 0 Å². The first-order valence-corrected chi connectivity index (χ1v) is 5.04. The summed E-state index contributed by atoms with van der Waals surface area (Å²) in [5.74, 6) is 0. The monoisotopic (exact) mass is 208 g/mol. The van der Waals surface area contributed by atoms with Crippen LogP contribution in [0.3, 0.4) is 0 Å². The maximum absolute atomic E-state index is 6.12. The van der Waals surface area contributed by atoms with Gasteiger partial charge in [-0.25, -0.2) is 0 Å². The molecule has 74 valence electrons. The molecular weight excluding hydrogens is 196 g/mol. The molecule has 0 amide bonds. The lowest BCUT2D eigenvalue weighted by molar-refractivity contribution is 0.929. The summed E-state index contributed by atoms with van der Waals surface area (Å²) in [6, 6.07) is 5.98. The Bertz CT molecular complexity index is 460. The highest BCUT2D eigenvalue weighted by Crippen LogP contribution is 2.27. The summed E-state index contributed by atoms with van der Waals surface area (Å²) in [7, 11) is 2.01. The highest BCUT2D eigenvalue weighted by Gasteiger charge is 2.07. The molecule has 0 bridgehead atoms. The van der Waals surface area contributed by atoms with Gasteiger partial charge in [0.2, 0.25) is 0 Å². The van der Waals surface area contributed by atoms with E-state index in [9.17, 15) is 0 Å². The van der Waals surface area contributed by atoms with Crippen LogP contribution >= 0.6 is 11.6 Å². The lowest BCUT2D eigenvalue weighted by Crippen LogP contribution is -2.01. The molecule has 0 fully saturated rings. The highest BCUT2D eigenvalue weighted by atomic mass is 35.5. The number of nitrogens with two attached hydrogens (primary N) is 1. The molecule has 1 aromatic carbocycles. The third-order valence-corrected chi connectivity index (χ3v) is 2.75. The van der Waals surface area contributed by atoms with Gasteiger partial charge in [-0.3, -0.25) is 0 Å². The molecular formula is C11H13ClN2. The molecule has 0 radical (unpaired) electrons. The van der Waals surface area contributed by atoms with Gasteiger partial charge in [-0.1, -0.05) is 23.7 Å². The van der Waals surface area contributed by atoms with Gasteiger partial charge in [0.25, 0.3) is 0 Å². The fourth-order valence-electron chi connectivity index (χ4n) is 1.86. The standard InChI is InChI=1S/C11H13ClN2/c1-14-7-8(5-6-13)9-3-2-4-10(12)11(9)14/h2-4,7H,5-6,13H2,1H3. The molecule has 0 aliphatic heterocycles. The fourth-order valence-corrected chi connectivity index (χ4v) is 2.16. The van der Waals surface area contributed by atoms with Gasteiger partial charge in [0.15, 0.2) is 0 Å². The first-order chi connectivity index (χ1) is 6.74. The quantitative estimate of drug-likeness (QED) is 0.807. The fraction of sp³-hybridized carbons (Fsp3) is 0.273. The van der Waals surface area contributed by atoms with Crippen molar-refractivity contribution in [2.24, 2.45) is 12.8 Å². The van der Waals surface area contributed by atoms with E-state index in [0.717, 1.165) is 17.0 Å². The number of hydrogen-bond acceptors (Lipinski definition) is 1. The van der Waals surface area contributed by atoms with Crippen molar-refractivity contribution in [2.75, 3.05) is 6.54 Å². The predicted octanol–water partition coefficient (Wildman–Crippen LogP) is 2.33. The first-order valence-electron chi connectivity index (χ1n) is 4.66. The number of nitrogens with zero attached hydrogens (tertiary/aromatic N) is 1. The molecule has 2 aromatic rings. The number of rotatable bonds is 2. The number of para-hydroxylation sites is 1. The predicted molar refractivity (Wildman–Crippen MR) is 60.7 cm³/mol. The molecule has 0 saturated heterocycles. The lowest BCUT2D eigenvalue weighted by atomic mass is 10.1. The van der Waals surface area contributed by atoms with E-state index in [4.69, 9.17) is 17.3 Å². The number of aryl methyl sites for hydroxylation is 1. The van der Waals surface area contributed by atoms with Crippen molar-refractivity contribution in [3.8, 4) is 0 Å². The Kier molecular flexibility index (Phi) is 2.48. The molecule has 0 saturated carbocycles. The van der Waals surface area contributed by atoms with E-state index in [-0.39, 0.29) is 0 Å². The molecule has 0 atom stereocenters. The summed E-state index contributed by atoms with van der Waals surface area (Å²) in [5.41, 5.74) is 7.92. The van der Waals surface area contributed by atoms with Crippen LogP contribution in [0.1, 0.15) is 5.56 Å². The van der Waals surface area contributed by atoms with Gasteiger partial charge >= 0.3 is 0 Å². The van der Waals surface area contributed by atoms with Crippen LogP contribution in [-0.4, -0.2) is 11.1 Å². The third-order valence-electron chi connectivity index (χ3n) is 2.45. The van der Waals surface area contributed by atoms with Gasteiger partial charge < -0.3 is 10.3 Å². The summed E-state index contributed by atoms with van der Waals surface area (Å²) in [4.78, 5) is 0. The molecule has 3 heteroatoms. The van der Waals surface area contributed by atoms with Crippen LogP contribution in [0.25, 0.3) is 10.9 Å². The van der Waals surface area contributed by atoms with Gasteiger partial charge in [0.05, 0.1) is 10.5 Å². The van der Waals surface area contributed by atoms with Crippen molar-refractivity contribution < 1.29 is 0 Å². The first kappa shape index (κ1) is 9.56. The molecule has 0 aliphatic rings. The second-order valence-corrected chi connectivity index (χ2v) is 3.85. The van der Waals surface area contributed by atoms with E-state index < -0.39 is 0 Å². The van der Waals surface area contributed by atoms with E-state index >= 15 is 0 Å². The zero-order valence-corrected chi connectivity index (χ0v) is 8.88. The van der Waals surface area contributed by atoms with Crippen LogP contribution in [0, 0.1) is 0 Å². The molecule has 0 aliphatic carbocycles. The molecule has 1 heterocycles. The summed E-state index contributed by atoms with van der Waals surface area (Å²) < 4.78 is 2.06. The molecule has 1 aromatic heterocycles. The Balaban J connectivity index is 2.71. The second kappa shape index (κ2) is 3.64. The summed E-state index contributed by atoms with van der Waals surface area (Å²) in [6.07, 6.45) is 3.00. The molecule has 0 spiro atoms. The molecule has 0 unspecified atom stereocenters. The van der Waals surface area contributed by atoms with Crippen LogP contribution in [0.5, 0.6) is 0 Å². The minimum Gasteiger partial charge on any atom is -0.349 e. The Labute approximate surface area is 88.3 Å². The highest BCUT2D eigenvalue weighted by molar-refractivity contribution is 6.35. The van der Waals surface area contributed by atoms with Crippen molar-refractivity contribution >= 4 is 22.5 Å². The lowest BCUT2D eigenvalue weighted by Gasteiger charge is -1.98. The second-order valence-electron chi connectivity index (χ2n) is 3.44. The van der Waals surface area contributed by atoms with E-state index in [1.807, 2.05) is 19.2 Å². The van der Waals surface area contributed by atoms with Gasteiger partial charge in [-0.2, -0.15) is 0 Å². The van der Waals surface area contributed by atoms with Crippen LogP contribution in [0.15, 0.2) is 24.4 Å². The zero-order chi connectivity index (χ0) is 10.1. The Hall–Kier alpha value is -0.990. The number of hydrogen-bond donors (Lipinski definition) is 1. The van der Waals surface area contributed by atoms with Crippen LogP contribution < -0.4 is 5.73 Å². The van der Waals surface area contributed by atoms with Crippen molar-refractivity contribution in [3.05, 3.63) is 35.0 Å². The average molecular weight is 209 g/mol. The van der Waals surface area contributed by atoms with Crippen molar-refractivity contribution in [2.45, 2.75) is 6.42 Å². The van der Waals surface area contributed by atoms with E-state index in [0.29, 0.717) is 6.54 Å². The Morgan fingerprint density at radius 1 is 1.43 bits per heavy atom. The Morgan fingerprint density at radius 2 is 2.21 bits per heavy atom. The van der Waals surface area contributed by atoms with E-state index in [1.165, 1.54) is 10.9 Å². The maximum Gasteiger partial charge on any atom is 0.0669 e. The van der Waals surface area contributed by atoms with Gasteiger partial charge in [-0.15, -0.1) is 0 Å². The number of fused-ring (bicyclic) bond motifs is 1. The van der Waals surface area contributed by atoms with Gasteiger partial charge in [0.1, 0.15) is 0 Å². The molecule has 2 rings (SSSR count). The van der Waals surface area contributed by atoms with Crippen LogP contribution in [-0.2, 0) is 13.5 Å². The smallest absolute Gasteiger partial charge is 0.0669 e. The van der Waals surface area contributed by atoms with E-state index in [1.54, 1.807) is 0 Å². The van der Waals surface area contributed by atoms with Gasteiger partial charge in [0, 0.05) is 18.6 Å². The largest absolute Gasteiger partial charge is 0.349 e. The Morgan fingerprint density at radius 3 is 2.93 bits per heavy atom. The number of aromatic nitrogens is 1. The number of benzene rings is 1. The minimum atomic E-state index is 0.672. The normalized spacial score (nSPS) is 11.1. The number of halogens is 1. The molecule has 2 N–H and O–H groups in total. The third kappa shape index (κ3) is 1.41. The van der Waals surface area contributed by atoms with E-state index in [2.05, 4.69) is 16.8 Å². The van der Waals surface area contributed by atoms with Crippen LogP contribution in [0.2, 0.25) is 5.02 Å². The molecule has 2 nitrogen and oxygen atoms in total. The SMILES string of the molecule is Cn1cc(CCN)c2cccc(Cl)c21. The summed E-state index contributed by atoms with van der Waals surface area (Å²) >= 11 is 6.12. The minimum absolute atomic E-state index is 0.672. The van der Waals surface area contributed by atoms with Gasteiger partial charge in [-0.05, 0) is 24.6 Å². The molecule has 14 heavy (non-hydrogen) atoms. The average Bonchev–Trinajstić information content (AvgIpc) is 2.46. The van der Waals surface area contributed by atoms with Crippen molar-refractivity contribution in [1.82, 2.24) is 4.57 Å². The topological polar surface area (TPSA) is 30.9 Å². The summed E-state index contributed by atoms with van der Waals surface area (Å²) in [5, 5.41) is 2.01. The zero-order valence-electron chi connectivity index (χ0n) is 8.13. The van der Waals surface area contributed by atoms with Crippen molar-refractivity contribution in [1.29, 1.82) is 0 Å².